The Hall–Kier alpha value is -2.16. The van der Waals surface area contributed by atoms with Crippen molar-refractivity contribution in [3.8, 4) is 0 Å². The van der Waals surface area contributed by atoms with Crippen molar-refractivity contribution < 1.29 is 9.18 Å². The van der Waals surface area contributed by atoms with E-state index >= 15 is 0 Å². The molecule has 1 atom stereocenters. The molecule has 90 valence electrons. The summed E-state index contributed by atoms with van der Waals surface area (Å²) in [5, 5.41) is 2.84. The second-order valence-electron chi connectivity index (χ2n) is 4.64. The van der Waals surface area contributed by atoms with Crippen LogP contribution in [0.3, 0.4) is 0 Å². The number of benzene rings is 2. The van der Waals surface area contributed by atoms with Gasteiger partial charge in [0.2, 0.25) is 5.91 Å². The Morgan fingerprint density at radius 1 is 1.11 bits per heavy atom. The summed E-state index contributed by atoms with van der Waals surface area (Å²) >= 11 is 0. The van der Waals surface area contributed by atoms with E-state index in [1.54, 1.807) is 12.1 Å². The van der Waals surface area contributed by atoms with Crippen LogP contribution in [0.2, 0.25) is 0 Å². The van der Waals surface area contributed by atoms with E-state index in [-0.39, 0.29) is 11.7 Å². The summed E-state index contributed by atoms with van der Waals surface area (Å²) in [5.41, 5.74) is 1.54. The van der Waals surface area contributed by atoms with Crippen molar-refractivity contribution in [2.45, 2.75) is 12.3 Å². The standard InChI is InChI=1S/C15H12FNO/c1-15(10-5-4-6-11(16)9-10)12-7-2-3-8-13(12)17-14(15)18/h2-9H,1H3,(H,17,18). The van der Waals surface area contributed by atoms with Gasteiger partial charge < -0.3 is 5.32 Å². The number of amides is 1. The summed E-state index contributed by atoms with van der Waals surface area (Å²) in [5.74, 6) is -0.444. The highest BCUT2D eigenvalue weighted by molar-refractivity contribution is 6.08. The van der Waals surface area contributed by atoms with Gasteiger partial charge in [0.1, 0.15) is 5.82 Å². The van der Waals surface area contributed by atoms with Crippen molar-refractivity contribution in [3.05, 3.63) is 65.5 Å². The van der Waals surface area contributed by atoms with Gasteiger partial charge in [-0.2, -0.15) is 0 Å². The first-order chi connectivity index (χ1) is 8.62. The van der Waals surface area contributed by atoms with Crippen molar-refractivity contribution in [3.63, 3.8) is 0 Å². The molecule has 0 spiro atoms. The fraction of sp³-hybridized carbons (Fsp3) is 0.133. The maximum atomic E-state index is 13.4. The van der Waals surface area contributed by atoms with Crippen molar-refractivity contribution in [1.29, 1.82) is 0 Å². The molecule has 18 heavy (non-hydrogen) atoms. The molecule has 0 saturated heterocycles. The first-order valence-electron chi connectivity index (χ1n) is 5.79. The van der Waals surface area contributed by atoms with E-state index in [0.29, 0.717) is 5.56 Å². The summed E-state index contributed by atoms with van der Waals surface area (Å²) < 4.78 is 13.4. The first kappa shape index (κ1) is 11.0. The van der Waals surface area contributed by atoms with Crippen molar-refractivity contribution >= 4 is 11.6 Å². The highest BCUT2D eigenvalue weighted by Crippen LogP contribution is 2.42. The lowest BCUT2D eigenvalue weighted by atomic mass is 9.77. The third kappa shape index (κ3) is 1.37. The number of halogens is 1. The van der Waals surface area contributed by atoms with Crippen LogP contribution in [0.25, 0.3) is 0 Å². The molecule has 1 unspecified atom stereocenters. The number of hydrogen-bond acceptors (Lipinski definition) is 1. The van der Waals surface area contributed by atoms with E-state index in [1.807, 2.05) is 31.2 Å². The predicted octanol–water partition coefficient (Wildman–Crippen LogP) is 3.08. The van der Waals surface area contributed by atoms with Crippen LogP contribution in [0.5, 0.6) is 0 Å². The molecule has 0 aromatic heterocycles. The number of nitrogens with one attached hydrogen (secondary N) is 1. The Morgan fingerprint density at radius 3 is 2.67 bits per heavy atom. The summed E-state index contributed by atoms with van der Waals surface area (Å²) in [7, 11) is 0. The van der Waals surface area contributed by atoms with Gasteiger partial charge in [0.25, 0.3) is 0 Å². The zero-order chi connectivity index (χ0) is 12.8. The molecule has 1 N–H and O–H groups in total. The van der Waals surface area contributed by atoms with E-state index in [4.69, 9.17) is 0 Å². The van der Waals surface area contributed by atoms with Crippen LogP contribution in [-0.4, -0.2) is 5.91 Å². The van der Waals surface area contributed by atoms with Crippen molar-refractivity contribution in [2.75, 3.05) is 5.32 Å². The largest absolute Gasteiger partial charge is 0.325 e. The fourth-order valence-corrected chi connectivity index (χ4v) is 2.48. The zero-order valence-corrected chi connectivity index (χ0v) is 9.91. The van der Waals surface area contributed by atoms with Crippen LogP contribution < -0.4 is 5.32 Å². The molecule has 0 fully saturated rings. The summed E-state index contributed by atoms with van der Waals surface area (Å²) in [4.78, 5) is 12.2. The van der Waals surface area contributed by atoms with Crippen LogP contribution in [0.15, 0.2) is 48.5 Å². The molecule has 3 rings (SSSR count). The minimum Gasteiger partial charge on any atom is -0.325 e. The van der Waals surface area contributed by atoms with Crippen LogP contribution in [0.4, 0.5) is 10.1 Å². The van der Waals surface area contributed by atoms with E-state index in [0.717, 1.165) is 11.3 Å². The number of para-hydroxylation sites is 1. The lowest BCUT2D eigenvalue weighted by Gasteiger charge is -2.22. The molecule has 1 heterocycles. The minimum absolute atomic E-state index is 0.116. The number of anilines is 1. The molecule has 0 aliphatic carbocycles. The van der Waals surface area contributed by atoms with Crippen LogP contribution in [0.1, 0.15) is 18.1 Å². The second kappa shape index (κ2) is 3.67. The molecule has 0 radical (unpaired) electrons. The smallest absolute Gasteiger partial charge is 0.239 e. The lowest BCUT2D eigenvalue weighted by molar-refractivity contribution is -0.119. The van der Waals surface area contributed by atoms with E-state index < -0.39 is 5.41 Å². The molecule has 1 amide bonds. The van der Waals surface area contributed by atoms with Gasteiger partial charge >= 0.3 is 0 Å². The second-order valence-corrected chi connectivity index (χ2v) is 4.64. The predicted molar refractivity (Wildman–Crippen MR) is 67.9 cm³/mol. The Kier molecular flexibility index (Phi) is 2.23. The minimum atomic E-state index is -0.821. The van der Waals surface area contributed by atoms with Crippen LogP contribution in [0, 0.1) is 5.82 Å². The molecular weight excluding hydrogens is 229 g/mol. The summed E-state index contributed by atoms with van der Waals surface area (Å²) in [6, 6.07) is 13.7. The normalized spacial score (nSPS) is 21.6. The Morgan fingerprint density at radius 2 is 1.89 bits per heavy atom. The fourth-order valence-electron chi connectivity index (χ4n) is 2.48. The number of carbonyl (C=O) groups excluding carboxylic acids is 1. The molecule has 1 aliphatic heterocycles. The molecule has 1 aliphatic rings. The number of carbonyl (C=O) groups is 1. The first-order valence-corrected chi connectivity index (χ1v) is 5.79. The van der Waals surface area contributed by atoms with Crippen LogP contribution >= 0.6 is 0 Å². The topological polar surface area (TPSA) is 29.1 Å². The van der Waals surface area contributed by atoms with E-state index in [9.17, 15) is 9.18 Å². The number of fused-ring (bicyclic) bond motifs is 1. The van der Waals surface area contributed by atoms with Gasteiger partial charge in [0.05, 0.1) is 5.41 Å². The Labute approximate surface area is 104 Å². The third-order valence-corrected chi connectivity index (χ3v) is 3.57. The van der Waals surface area contributed by atoms with E-state index in [2.05, 4.69) is 5.32 Å². The average molecular weight is 241 g/mol. The quantitative estimate of drug-likeness (QED) is 0.816. The van der Waals surface area contributed by atoms with Crippen molar-refractivity contribution in [1.82, 2.24) is 0 Å². The van der Waals surface area contributed by atoms with Gasteiger partial charge in [-0.1, -0.05) is 30.3 Å². The summed E-state index contributed by atoms with van der Waals surface area (Å²) in [6.45, 7) is 1.82. The zero-order valence-electron chi connectivity index (χ0n) is 9.91. The molecule has 2 aromatic carbocycles. The summed E-state index contributed by atoms with van der Waals surface area (Å²) in [6.07, 6.45) is 0. The van der Waals surface area contributed by atoms with Gasteiger partial charge in [0.15, 0.2) is 0 Å². The average Bonchev–Trinajstić information content (AvgIpc) is 2.63. The van der Waals surface area contributed by atoms with Gasteiger partial charge in [0, 0.05) is 5.69 Å². The Bertz CT molecular complexity index is 638. The molecule has 3 heteroatoms. The highest BCUT2D eigenvalue weighted by atomic mass is 19.1. The van der Waals surface area contributed by atoms with Gasteiger partial charge in [-0.3, -0.25) is 4.79 Å². The monoisotopic (exact) mass is 241 g/mol. The number of hydrogen-bond donors (Lipinski definition) is 1. The number of rotatable bonds is 1. The maximum absolute atomic E-state index is 13.4. The van der Waals surface area contributed by atoms with Gasteiger partial charge in [-0.15, -0.1) is 0 Å². The van der Waals surface area contributed by atoms with Gasteiger partial charge in [-0.05, 0) is 36.2 Å². The maximum Gasteiger partial charge on any atom is 0.239 e. The van der Waals surface area contributed by atoms with E-state index in [1.165, 1.54) is 12.1 Å². The molecular formula is C15H12FNO. The van der Waals surface area contributed by atoms with Crippen LogP contribution in [-0.2, 0) is 10.2 Å². The highest BCUT2D eigenvalue weighted by Gasteiger charge is 2.43. The van der Waals surface area contributed by atoms with Gasteiger partial charge in [-0.25, -0.2) is 4.39 Å². The molecule has 2 nitrogen and oxygen atoms in total. The Balaban J connectivity index is 2.23. The molecule has 2 aromatic rings. The lowest BCUT2D eigenvalue weighted by Crippen LogP contribution is -2.32. The SMILES string of the molecule is CC1(c2cccc(F)c2)C(=O)Nc2ccccc21. The van der Waals surface area contributed by atoms with Crippen molar-refractivity contribution in [2.24, 2.45) is 0 Å². The third-order valence-electron chi connectivity index (χ3n) is 3.57. The molecule has 0 saturated carbocycles. The molecule has 0 bridgehead atoms.